The Hall–Kier alpha value is -1.79. The van der Waals surface area contributed by atoms with E-state index >= 15 is 0 Å². The molecule has 3 fully saturated rings. The van der Waals surface area contributed by atoms with Crippen molar-refractivity contribution >= 4 is 11.7 Å². The number of nitrogens with one attached hydrogen (secondary N) is 1. The minimum absolute atomic E-state index is 0.198. The van der Waals surface area contributed by atoms with E-state index in [-0.39, 0.29) is 17.8 Å². The fourth-order valence-corrected chi connectivity index (χ4v) is 6.57. The van der Waals surface area contributed by atoms with E-state index in [1.54, 1.807) is 7.11 Å². The number of rotatable bonds is 2. The molecule has 6 nitrogen and oxygen atoms in total. The van der Waals surface area contributed by atoms with Crippen LogP contribution < -0.4 is 10.1 Å². The van der Waals surface area contributed by atoms with E-state index in [9.17, 15) is 9.90 Å². The van der Waals surface area contributed by atoms with E-state index in [0.717, 1.165) is 38.1 Å². The van der Waals surface area contributed by atoms with Crippen LogP contribution in [0.2, 0.25) is 0 Å². The van der Waals surface area contributed by atoms with Gasteiger partial charge in [-0.25, -0.2) is 0 Å². The average molecular weight is 386 g/mol. The van der Waals surface area contributed by atoms with Gasteiger partial charge >= 0.3 is 5.97 Å². The Morgan fingerprint density at radius 2 is 2.11 bits per heavy atom. The summed E-state index contributed by atoms with van der Waals surface area (Å²) in [5, 5.41) is 14.3. The van der Waals surface area contributed by atoms with Crippen LogP contribution in [0.4, 0.5) is 5.69 Å². The summed E-state index contributed by atoms with van der Waals surface area (Å²) >= 11 is 0. The maximum atomic E-state index is 12.5. The number of carbonyl (C=O) groups is 1. The number of piperidine rings is 2. The molecule has 0 amide bonds. The number of nitrogens with zero attached hydrogens (tertiary/aromatic N) is 1. The molecule has 0 radical (unpaired) electrons. The van der Waals surface area contributed by atoms with Crippen molar-refractivity contribution in [1.82, 2.24) is 4.90 Å². The molecule has 4 aliphatic rings. The Morgan fingerprint density at radius 1 is 1.25 bits per heavy atom. The summed E-state index contributed by atoms with van der Waals surface area (Å²) in [5.41, 5.74) is 2.50. The first-order valence-corrected chi connectivity index (χ1v) is 10.6. The smallest absolute Gasteiger partial charge is 0.311 e. The normalized spacial score (nSPS) is 39.0. The summed E-state index contributed by atoms with van der Waals surface area (Å²) < 4.78 is 10.7. The van der Waals surface area contributed by atoms with Gasteiger partial charge in [-0.1, -0.05) is 6.07 Å². The Balaban J connectivity index is 1.44. The number of esters is 1. The highest BCUT2D eigenvalue weighted by molar-refractivity contribution is 5.73. The molecule has 0 unspecified atom stereocenters. The quantitative estimate of drug-likeness (QED) is 0.760. The molecule has 0 spiro atoms. The molecule has 5 rings (SSSR count). The summed E-state index contributed by atoms with van der Waals surface area (Å²) in [6.07, 6.45) is 3.19. The van der Waals surface area contributed by atoms with Crippen molar-refractivity contribution in [3.8, 4) is 5.75 Å². The van der Waals surface area contributed by atoms with E-state index < -0.39 is 6.10 Å². The van der Waals surface area contributed by atoms with Gasteiger partial charge in [0.15, 0.2) is 0 Å². The van der Waals surface area contributed by atoms with Crippen molar-refractivity contribution in [3.63, 3.8) is 0 Å². The molecule has 3 heterocycles. The standard InChI is InChI=1S/C22H30N2O4/c1-27-18-5-3-4-15-19(18)13-8-9-24-11-12-6-7-17(25)20(22(26)28-2)14(12)10-16(24)21(13)23-15/h3-5,12-14,16-17,20-21,23,25H,6-11H2,1-2H3/t12-,13+,14+,16-,17+,20+,21-/m1/s1. The second kappa shape index (κ2) is 6.92. The molecule has 7 atom stereocenters. The topological polar surface area (TPSA) is 71.0 Å². The Kier molecular flexibility index (Phi) is 4.51. The van der Waals surface area contributed by atoms with Crippen LogP contribution in [0.25, 0.3) is 0 Å². The minimum atomic E-state index is -0.575. The van der Waals surface area contributed by atoms with Crippen molar-refractivity contribution in [2.75, 3.05) is 32.6 Å². The third-order valence-electron chi connectivity index (χ3n) is 7.79. The van der Waals surface area contributed by atoms with Gasteiger partial charge in [-0.15, -0.1) is 0 Å². The summed E-state index contributed by atoms with van der Waals surface area (Å²) in [4.78, 5) is 15.1. The Morgan fingerprint density at radius 3 is 2.89 bits per heavy atom. The second-order valence-corrected chi connectivity index (χ2v) is 8.90. The Labute approximate surface area is 166 Å². The second-order valence-electron chi connectivity index (χ2n) is 8.90. The van der Waals surface area contributed by atoms with Crippen molar-refractivity contribution in [2.24, 2.45) is 17.8 Å². The third kappa shape index (κ3) is 2.65. The molecule has 28 heavy (non-hydrogen) atoms. The molecule has 1 saturated carbocycles. The molecule has 0 bridgehead atoms. The van der Waals surface area contributed by atoms with E-state index in [0.29, 0.717) is 30.3 Å². The van der Waals surface area contributed by atoms with Crippen LogP contribution in [0.15, 0.2) is 18.2 Å². The van der Waals surface area contributed by atoms with Crippen LogP contribution in [0, 0.1) is 17.8 Å². The highest BCUT2D eigenvalue weighted by atomic mass is 16.5. The van der Waals surface area contributed by atoms with Crippen LogP contribution in [-0.4, -0.2) is 61.5 Å². The van der Waals surface area contributed by atoms with E-state index in [1.807, 2.05) is 6.07 Å². The molecular formula is C22H30N2O4. The van der Waals surface area contributed by atoms with Crippen LogP contribution in [0.5, 0.6) is 5.75 Å². The van der Waals surface area contributed by atoms with E-state index in [2.05, 4.69) is 22.3 Å². The third-order valence-corrected chi connectivity index (χ3v) is 7.79. The van der Waals surface area contributed by atoms with Gasteiger partial charge in [-0.05, 0) is 56.2 Å². The molecule has 6 heteroatoms. The van der Waals surface area contributed by atoms with Gasteiger partial charge in [0.2, 0.25) is 0 Å². The molecular weight excluding hydrogens is 356 g/mol. The van der Waals surface area contributed by atoms with Crippen LogP contribution in [0.1, 0.15) is 37.2 Å². The van der Waals surface area contributed by atoms with Gasteiger partial charge in [-0.3, -0.25) is 9.69 Å². The van der Waals surface area contributed by atoms with E-state index in [4.69, 9.17) is 9.47 Å². The van der Waals surface area contributed by atoms with Crippen LogP contribution >= 0.6 is 0 Å². The fourth-order valence-electron chi connectivity index (χ4n) is 6.57. The summed E-state index contributed by atoms with van der Waals surface area (Å²) in [7, 11) is 3.18. The molecule has 0 aromatic heterocycles. The van der Waals surface area contributed by atoms with Crippen LogP contribution in [-0.2, 0) is 9.53 Å². The van der Waals surface area contributed by atoms with Gasteiger partial charge in [0.1, 0.15) is 5.75 Å². The zero-order chi connectivity index (χ0) is 19.4. The fraction of sp³-hybridized carbons (Fsp3) is 0.682. The lowest BCUT2D eigenvalue weighted by Gasteiger charge is -2.54. The first-order chi connectivity index (χ1) is 13.6. The highest BCUT2D eigenvalue weighted by Crippen LogP contribution is 2.52. The number of hydrogen-bond donors (Lipinski definition) is 2. The van der Waals surface area contributed by atoms with Gasteiger partial charge in [-0.2, -0.15) is 0 Å². The van der Waals surface area contributed by atoms with Crippen molar-refractivity contribution in [2.45, 2.75) is 49.8 Å². The summed E-state index contributed by atoms with van der Waals surface area (Å²) in [6, 6.07) is 6.94. The minimum Gasteiger partial charge on any atom is -0.496 e. The average Bonchev–Trinajstić information content (AvgIpc) is 3.11. The number of anilines is 1. The number of fused-ring (bicyclic) bond motifs is 6. The predicted octanol–water partition coefficient (Wildman–Crippen LogP) is 2.23. The summed E-state index contributed by atoms with van der Waals surface area (Å²) in [5.74, 6) is 1.45. The summed E-state index contributed by atoms with van der Waals surface area (Å²) in [6.45, 7) is 2.10. The van der Waals surface area contributed by atoms with Crippen molar-refractivity contribution in [3.05, 3.63) is 23.8 Å². The highest BCUT2D eigenvalue weighted by Gasteiger charge is 2.53. The number of hydrogen-bond acceptors (Lipinski definition) is 6. The van der Waals surface area contributed by atoms with Gasteiger partial charge in [0, 0.05) is 35.8 Å². The molecule has 1 aliphatic carbocycles. The zero-order valence-corrected chi connectivity index (χ0v) is 16.6. The zero-order valence-electron chi connectivity index (χ0n) is 16.6. The monoisotopic (exact) mass is 386 g/mol. The lowest BCUT2D eigenvalue weighted by atomic mass is 9.63. The lowest BCUT2D eigenvalue weighted by Crippen LogP contribution is -2.61. The van der Waals surface area contributed by atoms with Crippen LogP contribution in [0.3, 0.4) is 0 Å². The number of benzene rings is 1. The first-order valence-electron chi connectivity index (χ1n) is 10.6. The SMILES string of the molecule is COC(=O)[C@H]1[C@H]2C[C@@H]3[C@@H]4Nc5cccc(OC)c5[C@@H]4CCN3C[C@H]2CC[C@@H]1O. The van der Waals surface area contributed by atoms with Crippen molar-refractivity contribution < 1.29 is 19.4 Å². The van der Waals surface area contributed by atoms with Crippen molar-refractivity contribution in [1.29, 1.82) is 0 Å². The molecule has 152 valence electrons. The molecule has 2 saturated heterocycles. The van der Waals surface area contributed by atoms with Gasteiger partial charge < -0.3 is 19.9 Å². The number of ether oxygens (including phenoxy) is 2. The number of aliphatic hydroxyl groups excluding tert-OH is 1. The van der Waals surface area contributed by atoms with E-state index in [1.165, 1.54) is 18.4 Å². The maximum Gasteiger partial charge on any atom is 0.311 e. The predicted molar refractivity (Wildman–Crippen MR) is 105 cm³/mol. The maximum absolute atomic E-state index is 12.5. The molecule has 1 aromatic carbocycles. The largest absolute Gasteiger partial charge is 0.496 e. The van der Waals surface area contributed by atoms with Gasteiger partial charge in [0.25, 0.3) is 0 Å². The first kappa shape index (κ1) is 18.3. The Bertz CT molecular complexity index is 769. The molecule has 3 aliphatic heterocycles. The lowest BCUT2D eigenvalue weighted by molar-refractivity contribution is -0.160. The number of aliphatic hydroxyl groups is 1. The molecule has 2 N–H and O–H groups in total. The number of carbonyl (C=O) groups excluding carboxylic acids is 1. The van der Waals surface area contributed by atoms with Gasteiger partial charge in [0.05, 0.1) is 26.2 Å². The molecule has 1 aromatic rings. The number of methoxy groups -OCH3 is 2.